The molecule has 2 aromatic rings. The predicted octanol–water partition coefficient (Wildman–Crippen LogP) is 2.85. The quantitative estimate of drug-likeness (QED) is 0.643. The normalized spacial score (nSPS) is 10.4. The maximum atomic E-state index is 11.9. The van der Waals surface area contributed by atoms with Gasteiger partial charge in [-0.05, 0) is 42.2 Å². The van der Waals surface area contributed by atoms with Gasteiger partial charge < -0.3 is 20.1 Å². The van der Waals surface area contributed by atoms with Crippen molar-refractivity contribution in [3.05, 3.63) is 59.2 Å². The van der Waals surface area contributed by atoms with Gasteiger partial charge in [0.1, 0.15) is 0 Å². The molecule has 0 spiro atoms. The number of aryl methyl sites for hydroxylation is 1. The Bertz CT molecular complexity index is 716. The Balaban J connectivity index is 1.65. The third-order valence-electron chi connectivity index (χ3n) is 4.29. The number of benzene rings is 2. The van der Waals surface area contributed by atoms with E-state index in [1.165, 1.54) is 11.1 Å². The smallest absolute Gasteiger partial charge is 0.221 e. The molecule has 2 N–H and O–H groups in total. The van der Waals surface area contributed by atoms with Crippen LogP contribution in [0.3, 0.4) is 0 Å². The lowest BCUT2D eigenvalue weighted by atomic mass is 10.1. The number of rotatable bonds is 10. The molecule has 26 heavy (non-hydrogen) atoms. The van der Waals surface area contributed by atoms with Crippen LogP contribution in [-0.2, 0) is 17.8 Å². The molecule has 2 rings (SSSR count). The van der Waals surface area contributed by atoms with Crippen LogP contribution >= 0.6 is 0 Å². The minimum Gasteiger partial charge on any atom is -0.493 e. The molecule has 0 fully saturated rings. The highest BCUT2D eigenvalue weighted by molar-refractivity contribution is 5.76. The molecular formula is C21H28N2O3. The van der Waals surface area contributed by atoms with Gasteiger partial charge in [0.2, 0.25) is 5.91 Å². The summed E-state index contributed by atoms with van der Waals surface area (Å²) >= 11 is 0. The van der Waals surface area contributed by atoms with Crippen molar-refractivity contribution in [1.82, 2.24) is 10.6 Å². The fourth-order valence-electron chi connectivity index (χ4n) is 2.70. The molecule has 0 aliphatic rings. The van der Waals surface area contributed by atoms with Gasteiger partial charge in [0, 0.05) is 26.1 Å². The van der Waals surface area contributed by atoms with Gasteiger partial charge in [-0.15, -0.1) is 0 Å². The summed E-state index contributed by atoms with van der Waals surface area (Å²) in [5, 5.41) is 6.27. The highest BCUT2D eigenvalue weighted by atomic mass is 16.5. The standard InChI is InChI=1S/C21H28N2O3/c1-16-6-4-5-7-18(16)15-22-12-11-21(24)23-13-10-17-8-9-19(25-2)20(14-17)26-3/h4-9,14,22H,10-13,15H2,1-3H3,(H,23,24). The number of ether oxygens (including phenoxy) is 2. The van der Waals surface area contributed by atoms with Crippen molar-refractivity contribution in [2.24, 2.45) is 0 Å². The van der Waals surface area contributed by atoms with Crippen LogP contribution in [0.1, 0.15) is 23.1 Å². The van der Waals surface area contributed by atoms with Crippen LogP contribution in [0.25, 0.3) is 0 Å². The van der Waals surface area contributed by atoms with Gasteiger partial charge in [-0.25, -0.2) is 0 Å². The monoisotopic (exact) mass is 356 g/mol. The van der Waals surface area contributed by atoms with Crippen LogP contribution in [0.2, 0.25) is 0 Å². The molecule has 1 amide bonds. The Morgan fingerprint density at radius 2 is 1.77 bits per heavy atom. The highest BCUT2D eigenvalue weighted by Crippen LogP contribution is 2.27. The summed E-state index contributed by atoms with van der Waals surface area (Å²) in [7, 11) is 3.23. The maximum Gasteiger partial charge on any atom is 0.221 e. The van der Waals surface area contributed by atoms with E-state index in [1.54, 1.807) is 14.2 Å². The van der Waals surface area contributed by atoms with Gasteiger partial charge in [-0.1, -0.05) is 30.3 Å². The van der Waals surface area contributed by atoms with E-state index in [0.29, 0.717) is 31.0 Å². The summed E-state index contributed by atoms with van der Waals surface area (Å²) in [6, 6.07) is 14.1. The molecule has 2 aromatic carbocycles. The van der Waals surface area contributed by atoms with Gasteiger partial charge >= 0.3 is 0 Å². The zero-order valence-electron chi connectivity index (χ0n) is 15.8. The Kier molecular flexibility index (Phi) is 7.96. The van der Waals surface area contributed by atoms with Gasteiger partial charge in [0.05, 0.1) is 14.2 Å². The van der Waals surface area contributed by atoms with E-state index in [9.17, 15) is 4.79 Å². The Morgan fingerprint density at radius 3 is 2.50 bits per heavy atom. The number of hydrogen-bond donors (Lipinski definition) is 2. The van der Waals surface area contributed by atoms with Crippen LogP contribution in [0.4, 0.5) is 0 Å². The van der Waals surface area contributed by atoms with Crippen molar-refractivity contribution >= 4 is 5.91 Å². The minimum absolute atomic E-state index is 0.0581. The van der Waals surface area contributed by atoms with E-state index < -0.39 is 0 Å². The molecule has 5 nitrogen and oxygen atoms in total. The molecule has 0 aliphatic heterocycles. The van der Waals surface area contributed by atoms with Crippen LogP contribution in [-0.4, -0.2) is 33.2 Å². The van der Waals surface area contributed by atoms with Gasteiger partial charge in [-0.3, -0.25) is 4.79 Å². The number of hydrogen-bond acceptors (Lipinski definition) is 4. The molecule has 5 heteroatoms. The maximum absolute atomic E-state index is 11.9. The van der Waals surface area contributed by atoms with Gasteiger partial charge in [0.25, 0.3) is 0 Å². The second kappa shape index (κ2) is 10.5. The summed E-state index contributed by atoms with van der Waals surface area (Å²) in [4.78, 5) is 11.9. The van der Waals surface area contributed by atoms with E-state index in [4.69, 9.17) is 9.47 Å². The average Bonchev–Trinajstić information content (AvgIpc) is 2.66. The van der Waals surface area contributed by atoms with Gasteiger partial charge in [0.15, 0.2) is 11.5 Å². The lowest BCUT2D eigenvalue weighted by Gasteiger charge is -2.10. The number of nitrogens with one attached hydrogen (secondary N) is 2. The third-order valence-corrected chi connectivity index (χ3v) is 4.29. The zero-order valence-corrected chi connectivity index (χ0v) is 15.8. The summed E-state index contributed by atoms with van der Waals surface area (Å²) in [6.45, 7) is 4.14. The lowest BCUT2D eigenvalue weighted by Crippen LogP contribution is -2.29. The fraction of sp³-hybridized carbons (Fsp3) is 0.381. The molecule has 0 bridgehead atoms. The highest BCUT2D eigenvalue weighted by Gasteiger charge is 2.06. The SMILES string of the molecule is COc1ccc(CCNC(=O)CCNCc2ccccc2C)cc1OC. The summed E-state index contributed by atoms with van der Waals surface area (Å²) in [6.07, 6.45) is 1.22. The molecular weight excluding hydrogens is 328 g/mol. The predicted molar refractivity (Wildman–Crippen MR) is 104 cm³/mol. The van der Waals surface area contributed by atoms with Crippen molar-refractivity contribution in [3.63, 3.8) is 0 Å². The summed E-state index contributed by atoms with van der Waals surface area (Å²) in [5.41, 5.74) is 3.63. The van der Waals surface area contributed by atoms with Crippen molar-refractivity contribution in [3.8, 4) is 11.5 Å². The molecule has 0 aromatic heterocycles. The number of amides is 1. The third kappa shape index (κ3) is 6.08. The zero-order chi connectivity index (χ0) is 18.8. The van der Waals surface area contributed by atoms with Crippen LogP contribution in [0.15, 0.2) is 42.5 Å². The van der Waals surface area contributed by atoms with E-state index >= 15 is 0 Å². The van der Waals surface area contributed by atoms with Crippen LogP contribution in [0, 0.1) is 6.92 Å². The number of carbonyl (C=O) groups is 1. The Hall–Kier alpha value is -2.53. The lowest BCUT2D eigenvalue weighted by molar-refractivity contribution is -0.120. The van der Waals surface area contributed by atoms with Crippen molar-refractivity contribution in [2.45, 2.75) is 26.3 Å². The molecule has 0 unspecified atom stereocenters. The second-order valence-electron chi connectivity index (χ2n) is 6.14. The van der Waals surface area contributed by atoms with E-state index in [0.717, 1.165) is 18.5 Å². The largest absolute Gasteiger partial charge is 0.493 e. The first kappa shape index (κ1) is 19.8. The first-order valence-electron chi connectivity index (χ1n) is 8.87. The first-order chi connectivity index (χ1) is 12.6. The van der Waals surface area contributed by atoms with Gasteiger partial charge in [-0.2, -0.15) is 0 Å². The summed E-state index contributed by atoms with van der Waals surface area (Å²) < 4.78 is 10.5. The van der Waals surface area contributed by atoms with Crippen molar-refractivity contribution in [2.75, 3.05) is 27.3 Å². The molecule has 0 radical (unpaired) electrons. The average molecular weight is 356 g/mol. The Morgan fingerprint density at radius 1 is 1.00 bits per heavy atom. The molecule has 0 atom stereocenters. The second-order valence-corrected chi connectivity index (χ2v) is 6.14. The van der Waals surface area contributed by atoms with E-state index in [-0.39, 0.29) is 5.91 Å². The first-order valence-corrected chi connectivity index (χ1v) is 8.87. The van der Waals surface area contributed by atoms with Crippen LogP contribution in [0.5, 0.6) is 11.5 Å². The van der Waals surface area contributed by atoms with E-state index in [1.807, 2.05) is 30.3 Å². The molecule has 0 saturated heterocycles. The van der Waals surface area contributed by atoms with E-state index in [2.05, 4.69) is 29.7 Å². The molecule has 0 aliphatic carbocycles. The van der Waals surface area contributed by atoms with Crippen LogP contribution < -0.4 is 20.1 Å². The molecule has 140 valence electrons. The number of carbonyl (C=O) groups excluding carboxylic acids is 1. The molecule has 0 saturated carbocycles. The minimum atomic E-state index is 0.0581. The number of methoxy groups -OCH3 is 2. The van der Waals surface area contributed by atoms with Crippen molar-refractivity contribution < 1.29 is 14.3 Å². The molecule has 0 heterocycles. The summed E-state index contributed by atoms with van der Waals surface area (Å²) in [5.74, 6) is 1.47. The fourth-order valence-corrected chi connectivity index (χ4v) is 2.70. The van der Waals surface area contributed by atoms with Crippen molar-refractivity contribution in [1.29, 1.82) is 0 Å². The topological polar surface area (TPSA) is 59.6 Å². The Labute approximate surface area is 155 Å².